The molecule has 0 aromatic heterocycles. The van der Waals surface area contributed by atoms with Crippen molar-refractivity contribution < 1.29 is 22.8 Å². The molecular formula is C13H15F3N2O2. The number of carbonyl (C=O) groups is 1. The predicted octanol–water partition coefficient (Wildman–Crippen LogP) is 4.29. The number of nitrogens with zero attached hydrogens (tertiary/aromatic N) is 1. The van der Waals surface area contributed by atoms with E-state index in [1.165, 1.54) is 18.3 Å². The van der Waals surface area contributed by atoms with Crippen LogP contribution in [0.15, 0.2) is 29.4 Å². The zero-order valence-electron chi connectivity index (χ0n) is 11.1. The minimum absolute atomic E-state index is 0.0106. The molecule has 0 saturated carbocycles. The summed E-state index contributed by atoms with van der Waals surface area (Å²) in [4.78, 5) is 15.8. The highest BCUT2D eigenvalue weighted by Crippen LogP contribution is 2.30. The predicted molar refractivity (Wildman–Crippen MR) is 69.5 cm³/mol. The molecule has 1 rings (SSSR count). The summed E-state index contributed by atoms with van der Waals surface area (Å²) in [6.07, 6.45) is -3.12. The minimum atomic E-state index is -4.46. The highest BCUT2D eigenvalue weighted by Gasteiger charge is 2.30. The highest BCUT2D eigenvalue weighted by atomic mass is 19.4. The Labute approximate surface area is 114 Å². The lowest BCUT2D eigenvalue weighted by Gasteiger charge is -2.08. The number of anilines is 1. The van der Waals surface area contributed by atoms with Gasteiger partial charge in [0.05, 0.1) is 5.56 Å². The van der Waals surface area contributed by atoms with Crippen molar-refractivity contribution in [1.82, 2.24) is 0 Å². The third-order valence-corrected chi connectivity index (χ3v) is 2.53. The van der Waals surface area contributed by atoms with Gasteiger partial charge in [0.15, 0.2) is 0 Å². The molecular weight excluding hydrogens is 273 g/mol. The van der Waals surface area contributed by atoms with Crippen LogP contribution in [0, 0.1) is 5.92 Å². The molecule has 1 N–H and O–H groups in total. The third kappa shape index (κ3) is 5.29. The Morgan fingerprint density at radius 3 is 2.80 bits per heavy atom. The third-order valence-electron chi connectivity index (χ3n) is 2.53. The van der Waals surface area contributed by atoms with Gasteiger partial charge in [-0.05, 0) is 30.5 Å². The number of oxime groups is 1. The molecule has 1 amide bonds. The largest absolute Gasteiger partial charge is 0.437 e. The van der Waals surface area contributed by atoms with E-state index < -0.39 is 17.8 Å². The second kappa shape index (κ2) is 6.93. The van der Waals surface area contributed by atoms with Crippen LogP contribution in [-0.4, -0.2) is 12.3 Å². The van der Waals surface area contributed by atoms with Gasteiger partial charge in [-0.25, -0.2) is 4.79 Å². The van der Waals surface area contributed by atoms with E-state index in [0.29, 0.717) is 0 Å². The van der Waals surface area contributed by atoms with E-state index in [1.807, 2.05) is 13.8 Å². The first kappa shape index (κ1) is 16.0. The van der Waals surface area contributed by atoms with Gasteiger partial charge in [0.25, 0.3) is 0 Å². The SMILES string of the molecule is CC[C@H](C)/C=N\OC(=O)Nc1cccc(C(F)(F)F)c1. The van der Waals surface area contributed by atoms with E-state index in [1.54, 1.807) is 0 Å². The Hall–Kier alpha value is -2.05. The van der Waals surface area contributed by atoms with E-state index >= 15 is 0 Å². The Kier molecular flexibility index (Phi) is 5.54. The topological polar surface area (TPSA) is 50.7 Å². The molecule has 0 saturated heterocycles. The van der Waals surface area contributed by atoms with Gasteiger partial charge in [0, 0.05) is 11.9 Å². The number of hydrogen-bond acceptors (Lipinski definition) is 3. The number of halogens is 3. The van der Waals surface area contributed by atoms with E-state index in [9.17, 15) is 18.0 Å². The zero-order valence-corrected chi connectivity index (χ0v) is 11.1. The lowest BCUT2D eigenvalue weighted by atomic mass is 10.1. The van der Waals surface area contributed by atoms with Crippen LogP contribution in [0.5, 0.6) is 0 Å². The normalized spacial score (nSPS) is 13.2. The second-order valence-corrected chi connectivity index (χ2v) is 4.22. The highest BCUT2D eigenvalue weighted by molar-refractivity contribution is 5.84. The van der Waals surface area contributed by atoms with Gasteiger partial charge >= 0.3 is 12.3 Å². The van der Waals surface area contributed by atoms with Crippen molar-refractivity contribution in [2.24, 2.45) is 11.1 Å². The summed E-state index contributed by atoms with van der Waals surface area (Å²) in [5.41, 5.74) is -0.859. The smallest absolute Gasteiger partial charge is 0.298 e. The lowest BCUT2D eigenvalue weighted by molar-refractivity contribution is -0.137. The molecule has 1 atom stereocenters. The van der Waals surface area contributed by atoms with Gasteiger partial charge in [0.1, 0.15) is 0 Å². The van der Waals surface area contributed by atoms with Crippen molar-refractivity contribution in [2.45, 2.75) is 26.4 Å². The van der Waals surface area contributed by atoms with Crippen molar-refractivity contribution in [3.63, 3.8) is 0 Å². The maximum Gasteiger partial charge on any atom is 0.437 e. The number of alkyl halides is 3. The molecule has 0 spiro atoms. The summed E-state index contributed by atoms with van der Waals surface area (Å²) in [6.45, 7) is 3.83. The molecule has 0 bridgehead atoms. The molecule has 110 valence electrons. The van der Waals surface area contributed by atoms with E-state index in [2.05, 4.69) is 15.3 Å². The number of nitrogens with one attached hydrogen (secondary N) is 1. The molecule has 0 aliphatic heterocycles. The Morgan fingerprint density at radius 2 is 2.20 bits per heavy atom. The van der Waals surface area contributed by atoms with Crippen LogP contribution in [0.25, 0.3) is 0 Å². The fourth-order valence-electron chi connectivity index (χ4n) is 1.20. The van der Waals surface area contributed by atoms with Crippen LogP contribution in [0.1, 0.15) is 25.8 Å². The molecule has 4 nitrogen and oxygen atoms in total. The molecule has 7 heteroatoms. The zero-order chi connectivity index (χ0) is 15.2. The summed E-state index contributed by atoms with van der Waals surface area (Å²) in [5, 5.41) is 5.62. The Bertz CT molecular complexity index is 487. The van der Waals surface area contributed by atoms with E-state index in [0.717, 1.165) is 18.6 Å². The number of hydrogen-bond donors (Lipinski definition) is 1. The summed E-state index contributed by atoms with van der Waals surface area (Å²) < 4.78 is 37.4. The molecule has 0 fully saturated rings. The van der Waals surface area contributed by atoms with Crippen molar-refractivity contribution in [3.8, 4) is 0 Å². The van der Waals surface area contributed by atoms with Crippen LogP contribution >= 0.6 is 0 Å². The van der Waals surface area contributed by atoms with Gasteiger partial charge in [-0.15, -0.1) is 0 Å². The van der Waals surface area contributed by atoms with Crippen LogP contribution in [-0.2, 0) is 11.0 Å². The fourth-order valence-corrected chi connectivity index (χ4v) is 1.20. The molecule has 20 heavy (non-hydrogen) atoms. The van der Waals surface area contributed by atoms with Crippen LogP contribution in [0.3, 0.4) is 0 Å². The van der Waals surface area contributed by atoms with Gasteiger partial charge in [0.2, 0.25) is 0 Å². The number of carbonyl (C=O) groups excluding carboxylic acids is 1. The van der Waals surface area contributed by atoms with Crippen molar-refractivity contribution in [1.29, 1.82) is 0 Å². The number of benzene rings is 1. The molecule has 1 aromatic carbocycles. The monoisotopic (exact) mass is 288 g/mol. The Morgan fingerprint density at radius 1 is 1.50 bits per heavy atom. The molecule has 0 aliphatic rings. The van der Waals surface area contributed by atoms with Gasteiger partial charge in [-0.1, -0.05) is 25.1 Å². The van der Waals surface area contributed by atoms with Crippen molar-refractivity contribution in [2.75, 3.05) is 5.32 Å². The van der Waals surface area contributed by atoms with E-state index in [4.69, 9.17) is 0 Å². The first-order chi connectivity index (χ1) is 9.32. The van der Waals surface area contributed by atoms with Crippen molar-refractivity contribution in [3.05, 3.63) is 29.8 Å². The quantitative estimate of drug-likeness (QED) is 0.510. The van der Waals surface area contributed by atoms with Crippen LogP contribution in [0.2, 0.25) is 0 Å². The van der Waals surface area contributed by atoms with Gasteiger partial charge in [-0.2, -0.15) is 13.2 Å². The molecule has 0 aliphatic carbocycles. The van der Waals surface area contributed by atoms with Crippen LogP contribution in [0.4, 0.5) is 23.7 Å². The first-order valence-electron chi connectivity index (χ1n) is 6.01. The lowest BCUT2D eigenvalue weighted by Crippen LogP contribution is -2.12. The second-order valence-electron chi connectivity index (χ2n) is 4.22. The minimum Gasteiger partial charge on any atom is -0.298 e. The number of amides is 1. The molecule has 0 radical (unpaired) electrons. The standard InChI is InChI=1S/C13H15F3N2O2/c1-3-9(2)8-17-20-12(19)18-11-6-4-5-10(7-11)13(14,15)16/h4-9H,3H2,1-2H3,(H,18,19)/b17-8-/t9-/m0/s1. The molecule has 0 heterocycles. The van der Waals surface area contributed by atoms with Crippen molar-refractivity contribution >= 4 is 18.0 Å². The Balaban J connectivity index is 2.61. The average Bonchev–Trinajstić information content (AvgIpc) is 2.37. The average molecular weight is 288 g/mol. The van der Waals surface area contributed by atoms with Gasteiger partial charge < -0.3 is 0 Å². The van der Waals surface area contributed by atoms with Crippen LogP contribution < -0.4 is 5.32 Å². The summed E-state index contributed by atoms with van der Waals surface area (Å²) in [7, 11) is 0. The molecule has 0 unspecified atom stereocenters. The maximum atomic E-state index is 12.5. The summed E-state index contributed by atoms with van der Waals surface area (Å²) >= 11 is 0. The maximum absolute atomic E-state index is 12.5. The van der Waals surface area contributed by atoms with Gasteiger partial charge in [-0.3, -0.25) is 10.2 Å². The number of rotatable bonds is 4. The van der Waals surface area contributed by atoms with E-state index in [-0.39, 0.29) is 11.6 Å². The first-order valence-corrected chi connectivity index (χ1v) is 6.01. The fraction of sp³-hybridized carbons (Fsp3) is 0.385. The molecule has 1 aromatic rings. The summed E-state index contributed by atoms with van der Waals surface area (Å²) in [6, 6.07) is 4.26. The summed E-state index contributed by atoms with van der Waals surface area (Å²) in [5.74, 6) is 0.149.